The van der Waals surface area contributed by atoms with Gasteiger partial charge in [-0.05, 0) is 37.3 Å². The molecule has 0 rings (SSSR count). The van der Waals surface area contributed by atoms with Crippen molar-refractivity contribution in [3.8, 4) is 0 Å². The second kappa shape index (κ2) is 10.8. The quantitative estimate of drug-likeness (QED) is 0.587. The van der Waals surface area contributed by atoms with Crippen LogP contribution in [0, 0.1) is 0 Å². The maximum atomic E-state index is 9.03. The van der Waals surface area contributed by atoms with Crippen LogP contribution in [0.15, 0.2) is 0 Å². The molecule has 3 heteroatoms. The number of aliphatic hydroxyl groups excluding tert-OH is 1. The van der Waals surface area contributed by atoms with Crippen LogP contribution in [0.1, 0.15) is 40.0 Å². The Bertz CT molecular complexity index is 129. The Morgan fingerprint density at radius 2 is 1.80 bits per heavy atom. The van der Waals surface area contributed by atoms with Crippen LogP contribution in [-0.4, -0.2) is 47.3 Å². The van der Waals surface area contributed by atoms with Crippen LogP contribution in [0.25, 0.3) is 0 Å². The molecule has 0 amide bonds. The van der Waals surface area contributed by atoms with Crippen molar-refractivity contribution < 1.29 is 5.11 Å². The summed E-state index contributed by atoms with van der Waals surface area (Å²) in [4.78, 5) is 2.44. The Morgan fingerprint density at radius 3 is 2.27 bits per heavy atom. The molecule has 0 saturated carbocycles. The van der Waals surface area contributed by atoms with E-state index in [2.05, 4.69) is 25.7 Å². The molecule has 0 aliphatic heterocycles. The highest BCUT2D eigenvalue weighted by molar-refractivity contribution is 7.99. The van der Waals surface area contributed by atoms with E-state index in [0.29, 0.717) is 6.04 Å². The molecule has 0 aliphatic carbocycles. The van der Waals surface area contributed by atoms with Gasteiger partial charge in [0.15, 0.2) is 0 Å². The van der Waals surface area contributed by atoms with Gasteiger partial charge in [-0.3, -0.25) is 4.90 Å². The van der Waals surface area contributed by atoms with Crippen LogP contribution >= 0.6 is 11.8 Å². The minimum absolute atomic E-state index is 0.289. The largest absolute Gasteiger partial charge is 0.395 e. The lowest BCUT2D eigenvalue weighted by atomic mass is 10.1. The van der Waals surface area contributed by atoms with Crippen LogP contribution in [0.5, 0.6) is 0 Å². The Balaban J connectivity index is 3.80. The minimum atomic E-state index is 0.289. The first-order valence-corrected chi connectivity index (χ1v) is 7.38. The highest BCUT2D eigenvalue weighted by atomic mass is 32.2. The molecule has 0 aliphatic rings. The van der Waals surface area contributed by atoms with Gasteiger partial charge in [0.05, 0.1) is 6.61 Å². The Labute approximate surface area is 99.4 Å². The fraction of sp³-hybridized carbons (Fsp3) is 1.00. The third-order valence-corrected chi connectivity index (χ3v) is 3.77. The SMILES string of the molecule is CCSCCCN(CCO)C(CC)CC. The summed E-state index contributed by atoms with van der Waals surface area (Å²) in [6.45, 7) is 8.94. The number of thioether (sulfide) groups is 1. The van der Waals surface area contributed by atoms with Crippen molar-refractivity contribution >= 4 is 11.8 Å². The van der Waals surface area contributed by atoms with Gasteiger partial charge in [-0.15, -0.1) is 0 Å². The Kier molecular flexibility index (Phi) is 11.0. The first-order valence-electron chi connectivity index (χ1n) is 6.22. The van der Waals surface area contributed by atoms with Gasteiger partial charge in [0.25, 0.3) is 0 Å². The van der Waals surface area contributed by atoms with E-state index in [4.69, 9.17) is 5.11 Å². The summed E-state index contributed by atoms with van der Waals surface area (Å²) in [5.74, 6) is 2.46. The van der Waals surface area contributed by atoms with E-state index >= 15 is 0 Å². The number of hydrogen-bond donors (Lipinski definition) is 1. The molecule has 0 fully saturated rings. The summed E-state index contributed by atoms with van der Waals surface area (Å²) in [6.07, 6.45) is 3.63. The molecule has 0 aromatic carbocycles. The van der Waals surface area contributed by atoms with Crippen molar-refractivity contribution in [2.45, 2.75) is 46.1 Å². The molecule has 0 atom stereocenters. The molecule has 1 N–H and O–H groups in total. The average molecular weight is 233 g/mol. The fourth-order valence-corrected chi connectivity index (χ4v) is 2.55. The van der Waals surface area contributed by atoms with E-state index in [1.165, 1.54) is 30.8 Å². The first-order chi connectivity index (χ1) is 7.29. The molecule has 0 heterocycles. The standard InChI is InChI=1S/C12H27NOS/c1-4-12(5-2)13(9-10-14)8-7-11-15-6-3/h12,14H,4-11H2,1-3H3. The molecule has 0 spiro atoms. The van der Waals surface area contributed by atoms with Gasteiger partial charge in [-0.1, -0.05) is 20.8 Å². The van der Waals surface area contributed by atoms with Gasteiger partial charge < -0.3 is 5.11 Å². The highest BCUT2D eigenvalue weighted by Gasteiger charge is 2.13. The lowest BCUT2D eigenvalue weighted by Crippen LogP contribution is -2.37. The Hall–Kier alpha value is 0.270. The second-order valence-corrected chi connectivity index (χ2v) is 5.17. The predicted molar refractivity (Wildman–Crippen MR) is 70.6 cm³/mol. The monoisotopic (exact) mass is 233 g/mol. The summed E-state index contributed by atoms with van der Waals surface area (Å²) < 4.78 is 0. The molecule has 92 valence electrons. The van der Waals surface area contributed by atoms with Crippen LogP contribution in [0.2, 0.25) is 0 Å². The highest BCUT2D eigenvalue weighted by Crippen LogP contribution is 2.10. The van der Waals surface area contributed by atoms with Gasteiger partial charge in [0.2, 0.25) is 0 Å². The van der Waals surface area contributed by atoms with Crippen molar-refractivity contribution in [3.05, 3.63) is 0 Å². The lowest BCUT2D eigenvalue weighted by molar-refractivity contribution is 0.144. The third-order valence-electron chi connectivity index (χ3n) is 2.78. The van der Waals surface area contributed by atoms with Gasteiger partial charge in [-0.2, -0.15) is 11.8 Å². The van der Waals surface area contributed by atoms with E-state index in [1.54, 1.807) is 0 Å². The molecule has 0 unspecified atom stereocenters. The van der Waals surface area contributed by atoms with E-state index in [9.17, 15) is 0 Å². The molecule has 2 nitrogen and oxygen atoms in total. The summed E-state index contributed by atoms with van der Waals surface area (Å²) in [6, 6.07) is 0.656. The maximum Gasteiger partial charge on any atom is 0.0558 e. The second-order valence-electron chi connectivity index (χ2n) is 3.78. The molecule has 0 aromatic rings. The summed E-state index contributed by atoms with van der Waals surface area (Å²) in [5.41, 5.74) is 0. The van der Waals surface area contributed by atoms with E-state index in [1.807, 2.05) is 11.8 Å². The van der Waals surface area contributed by atoms with Crippen molar-refractivity contribution in [2.24, 2.45) is 0 Å². The van der Waals surface area contributed by atoms with Crippen molar-refractivity contribution in [1.29, 1.82) is 0 Å². The first kappa shape index (κ1) is 15.3. The number of aliphatic hydroxyl groups is 1. The molecule has 0 radical (unpaired) electrons. The predicted octanol–water partition coefficient (Wildman–Crippen LogP) is 2.61. The number of nitrogens with zero attached hydrogens (tertiary/aromatic N) is 1. The zero-order chi connectivity index (χ0) is 11.5. The van der Waals surface area contributed by atoms with Crippen LogP contribution in [0.3, 0.4) is 0 Å². The van der Waals surface area contributed by atoms with Crippen LogP contribution in [-0.2, 0) is 0 Å². The van der Waals surface area contributed by atoms with Crippen molar-refractivity contribution in [1.82, 2.24) is 4.90 Å². The number of rotatable bonds is 10. The van der Waals surface area contributed by atoms with E-state index in [-0.39, 0.29) is 6.61 Å². The fourth-order valence-electron chi connectivity index (χ4n) is 1.92. The summed E-state index contributed by atoms with van der Waals surface area (Å²) >= 11 is 2.01. The molecule has 0 aromatic heterocycles. The maximum absolute atomic E-state index is 9.03. The number of hydrogen-bond acceptors (Lipinski definition) is 3. The van der Waals surface area contributed by atoms with Gasteiger partial charge >= 0.3 is 0 Å². The lowest BCUT2D eigenvalue weighted by Gasteiger charge is -2.29. The molecular weight excluding hydrogens is 206 g/mol. The zero-order valence-corrected chi connectivity index (χ0v) is 11.4. The molecular formula is C12H27NOS. The molecule has 0 bridgehead atoms. The van der Waals surface area contributed by atoms with Crippen LogP contribution in [0.4, 0.5) is 0 Å². The molecule has 0 saturated heterocycles. The van der Waals surface area contributed by atoms with Gasteiger partial charge in [-0.25, -0.2) is 0 Å². The van der Waals surface area contributed by atoms with E-state index < -0.39 is 0 Å². The zero-order valence-electron chi connectivity index (χ0n) is 10.5. The normalized spacial score (nSPS) is 11.6. The van der Waals surface area contributed by atoms with Crippen molar-refractivity contribution in [2.75, 3.05) is 31.2 Å². The topological polar surface area (TPSA) is 23.5 Å². The van der Waals surface area contributed by atoms with E-state index in [0.717, 1.165) is 13.1 Å². The summed E-state index contributed by atoms with van der Waals surface area (Å²) in [7, 11) is 0. The average Bonchev–Trinajstić information content (AvgIpc) is 2.26. The van der Waals surface area contributed by atoms with Gasteiger partial charge in [0, 0.05) is 12.6 Å². The minimum Gasteiger partial charge on any atom is -0.395 e. The summed E-state index contributed by atoms with van der Waals surface area (Å²) in [5, 5.41) is 9.03. The van der Waals surface area contributed by atoms with Crippen LogP contribution < -0.4 is 0 Å². The third kappa shape index (κ3) is 7.20. The molecule has 15 heavy (non-hydrogen) atoms. The Morgan fingerprint density at radius 1 is 1.13 bits per heavy atom. The van der Waals surface area contributed by atoms with Crippen molar-refractivity contribution in [3.63, 3.8) is 0 Å². The van der Waals surface area contributed by atoms with Gasteiger partial charge in [0.1, 0.15) is 0 Å². The smallest absolute Gasteiger partial charge is 0.0558 e.